The zero-order chi connectivity index (χ0) is 18.1. The number of aromatic hydroxyl groups is 1. The summed E-state index contributed by atoms with van der Waals surface area (Å²) in [6, 6.07) is 12.4. The molecular weight excluding hydrogens is 322 g/mol. The Morgan fingerprint density at radius 3 is 2.77 bits per heavy atom. The molecular formula is C23H27NO2. The Balaban J connectivity index is 1.65. The normalized spacial score (nSPS) is 20.2. The fourth-order valence-electron chi connectivity index (χ4n) is 4.25. The summed E-state index contributed by atoms with van der Waals surface area (Å²) in [4.78, 5) is 2.31. The van der Waals surface area contributed by atoms with Gasteiger partial charge in [-0.2, -0.15) is 0 Å². The van der Waals surface area contributed by atoms with E-state index >= 15 is 0 Å². The second-order valence-corrected chi connectivity index (χ2v) is 7.69. The summed E-state index contributed by atoms with van der Waals surface area (Å²) in [7, 11) is 0. The van der Waals surface area contributed by atoms with Gasteiger partial charge in [0.2, 0.25) is 0 Å². The second kappa shape index (κ2) is 7.16. The van der Waals surface area contributed by atoms with Crippen molar-refractivity contribution in [3.05, 3.63) is 70.3 Å². The topological polar surface area (TPSA) is 32.7 Å². The largest absolute Gasteiger partial charge is 0.507 e. The van der Waals surface area contributed by atoms with Crippen LogP contribution in [0, 0.1) is 6.92 Å². The number of phenols is 1. The Kier molecular flexibility index (Phi) is 4.73. The Labute approximate surface area is 155 Å². The van der Waals surface area contributed by atoms with Gasteiger partial charge in [-0.15, -0.1) is 0 Å². The van der Waals surface area contributed by atoms with E-state index in [1.54, 1.807) is 0 Å². The number of nitrogens with zero attached hydrogens (tertiary/aromatic N) is 1. The number of hydrogen-bond acceptors (Lipinski definition) is 3. The third kappa shape index (κ3) is 3.36. The molecule has 0 saturated heterocycles. The van der Waals surface area contributed by atoms with Crippen molar-refractivity contribution < 1.29 is 9.84 Å². The minimum atomic E-state index is 0.263. The maximum absolute atomic E-state index is 10.7. The van der Waals surface area contributed by atoms with Crippen molar-refractivity contribution in [2.45, 2.75) is 52.1 Å². The smallest absolute Gasteiger partial charge is 0.142 e. The van der Waals surface area contributed by atoms with Crippen LogP contribution >= 0.6 is 0 Å². The molecule has 1 aliphatic carbocycles. The standard InChI is InChI=1S/C23H27NO2/c1-16-7-6-10-19(11-16)22-21(25)12-17(2)20-14-24(15-26-23(20)22)13-18-8-4-3-5-9-18/h3-5,8-9,11-12,19,25H,6-7,10,13-15H2,1-2H3. The van der Waals surface area contributed by atoms with Crippen LogP contribution in [0.1, 0.15) is 54.4 Å². The molecule has 0 spiro atoms. The predicted octanol–water partition coefficient (Wildman–Crippen LogP) is 5.27. The maximum atomic E-state index is 10.7. The number of rotatable bonds is 3. The number of fused-ring (bicyclic) bond motifs is 1. The number of ether oxygens (including phenoxy) is 1. The lowest BCUT2D eigenvalue weighted by Gasteiger charge is -2.33. The Morgan fingerprint density at radius 2 is 2.00 bits per heavy atom. The first-order chi connectivity index (χ1) is 12.6. The van der Waals surface area contributed by atoms with Crippen LogP contribution in [0.15, 0.2) is 48.0 Å². The highest BCUT2D eigenvalue weighted by Crippen LogP contribution is 2.45. The molecule has 2 aromatic carbocycles. The van der Waals surface area contributed by atoms with Crippen molar-refractivity contribution in [2.24, 2.45) is 0 Å². The molecule has 136 valence electrons. The molecule has 0 radical (unpaired) electrons. The van der Waals surface area contributed by atoms with Crippen molar-refractivity contribution in [3.63, 3.8) is 0 Å². The molecule has 0 fully saturated rings. The van der Waals surface area contributed by atoms with E-state index in [4.69, 9.17) is 4.74 Å². The third-order valence-corrected chi connectivity index (χ3v) is 5.59. The molecule has 0 aromatic heterocycles. The molecule has 3 nitrogen and oxygen atoms in total. The molecule has 0 amide bonds. The minimum Gasteiger partial charge on any atom is -0.507 e. The molecule has 1 N–H and O–H groups in total. The lowest BCUT2D eigenvalue weighted by Crippen LogP contribution is -2.32. The highest BCUT2D eigenvalue weighted by atomic mass is 16.5. The van der Waals surface area contributed by atoms with E-state index in [-0.39, 0.29) is 5.92 Å². The van der Waals surface area contributed by atoms with Gasteiger partial charge in [0.15, 0.2) is 0 Å². The van der Waals surface area contributed by atoms with Gasteiger partial charge in [-0.05, 0) is 50.3 Å². The van der Waals surface area contributed by atoms with Gasteiger partial charge in [0.1, 0.15) is 18.2 Å². The Hall–Kier alpha value is -2.26. The SMILES string of the molecule is CC1=CC(c2c(O)cc(C)c3c2OCN(Cc2ccccc2)C3)CCC1. The van der Waals surface area contributed by atoms with Crippen LogP contribution in [-0.4, -0.2) is 16.7 Å². The van der Waals surface area contributed by atoms with Gasteiger partial charge in [-0.25, -0.2) is 0 Å². The highest BCUT2D eigenvalue weighted by molar-refractivity contribution is 5.57. The van der Waals surface area contributed by atoms with Crippen molar-refractivity contribution in [2.75, 3.05) is 6.73 Å². The van der Waals surface area contributed by atoms with Gasteiger partial charge in [0.05, 0.1) is 0 Å². The molecule has 26 heavy (non-hydrogen) atoms. The summed E-state index contributed by atoms with van der Waals surface area (Å²) in [6.45, 7) is 6.55. The summed E-state index contributed by atoms with van der Waals surface area (Å²) in [5.41, 5.74) is 6.02. The van der Waals surface area contributed by atoms with Gasteiger partial charge in [-0.1, -0.05) is 42.0 Å². The summed E-state index contributed by atoms with van der Waals surface area (Å²) >= 11 is 0. The Morgan fingerprint density at radius 1 is 1.19 bits per heavy atom. The fraction of sp³-hybridized carbons (Fsp3) is 0.391. The van der Waals surface area contributed by atoms with Crippen LogP contribution in [0.5, 0.6) is 11.5 Å². The molecule has 0 saturated carbocycles. The van der Waals surface area contributed by atoms with Gasteiger partial charge < -0.3 is 9.84 Å². The number of phenolic OH excluding ortho intramolecular Hbond substituents is 1. The molecule has 2 aromatic rings. The zero-order valence-electron chi connectivity index (χ0n) is 15.7. The van der Waals surface area contributed by atoms with Crippen LogP contribution in [0.25, 0.3) is 0 Å². The summed E-state index contributed by atoms with van der Waals surface area (Å²) in [6.07, 6.45) is 5.73. The highest BCUT2D eigenvalue weighted by Gasteiger charge is 2.28. The molecule has 3 heteroatoms. The quantitative estimate of drug-likeness (QED) is 0.767. The van der Waals surface area contributed by atoms with Crippen LogP contribution in [0.3, 0.4) is 0 Å². The van der Waals surface area contributed by atoms with Crippen molar-refractivity contribution >= 4 is 0 Å². The van der Waals surface area contributed by atoms with Crippen LogP contribution in [-0.2, 0) is 13.1 Å². The average Bonchev–Trinajstić information content (AvgIpc) is 2.63. The first kappa shape index (κ1) is 17.2. The minimum absolute atomic E-state index is 0.263. The number of allylic oxidation sites excluding steroid dienone is 2. The molecule has 2 aliphatic rings. The predicted molar refractivity (Wildman–Crippen MR) is 104 cm³/mol. The summed E-state index contributed by atoms with van der Waals surface area (Å²) in [5, 5.41) is 10.7. The second-order valence-electron chi connectivity index (χ2n) is 7.69. The van der Waals surface area contributed by atoms with E-state index in [0.29, 0.717) is 12.5 Å². The van der Waals surface area contributed by atoms with E-state index < -0.39 is 0 Å². The number of aryl methyl sites for hydroxylation is 1. The molecule has 0 bridgehead atoms. The van der Waals surface area contributed by atoms with E-state index in [1.807, 2.05) is 12.1 Å². The number of hydrogen-bond donors (Lipinski definition) is 1. The molecule has 4 rings (SSSR count). The summed E-state index contributed by atoms with van der Waals surface area (Å²) < 4.78 is 6.23. The van der Waals surface area contributed by atoms with E-state index in [0.717, 1.165) is 42.8 Å². The molecule has 1 aliphatic heterocycles. The third-order valence-electron chi connectivity index (χ3n) is 5.59. The zero-order valence-corrected chi connectivity index (χ0v) is 15.7. The van der Waals surface area contributed by atoms with E-state index in [9.17, 15) is 5.11 Å². The Bertz CT molecular complexity index is 826. The van der Waals surface area contributed by atoms with Crippen LogP contribution in [0.2, 0.25) is 0 Å². The molecule has 1 unspecified atom stereocenters. The lowest BCUT2D eigenvalue weighted by atomic mass is 9.83. The van der Waals surface area contributed by atoms with Crippen molar-refractivity contribution in [3.8, 4) is 11.5 Å². The lowest BCUT2D eigenvalue weighted by molar-refractivity contribution is 0.0865. The van der Waals surface area contributed by atoms with Gasteiger partial charge >= 0.3 is 0 Å². The van der Waals surface area contributed by atoms with E-state index in [1.165, 1.54) is 23.1 Å². The summed E-state index contributed by atoms with van der Waals surface area (Å²) in [5.74, 6) is 1.57. The van der Waals surface area contributed by atoms with Crippen LogP contribution in [0.4, 0.5) is 0 Å². The monoisotopic (exact) mass is 349 g/mol. The fourth-order valence-corrected chi connectivity index (χ4v) is 4.25. The van der Waals surface area contributed by atoms with Crippen molar-refractivity contribution in [1.82, 2.24) is 4.90 Å². The first-order valence-corrected chi connectivity index (χ1v) is 9.53. The van der Waals surface area contributed by atoms with Crippen LogP contribution < -0.4 is 4.74 Å². The average molecular weight is 349 g/mol. The van der Waals surface area contributed by atoms with Gasteiger partial charge in [0, 0.05) is 30.1 Å². The first-order valence-electron chi connectivity index (χ1n) is 9.53. The van der Waals surface area contributed by atoms with Crippen molar-refractivity contribution in [1.29, 1.82) is 0 Å². The van der Waals surface area contributed by atoms with E-state index in [2.05, 4.69) is 49.1 Å². The van der Waals surface area contributed by atoms with Gasteiger partial charge in [-0.3, -0.25) is 4.90 Å². The number of benzene rings is 2. The maximum Gasteiger partial charge on any atom is 0.142 e. The van der Waals surface area contributed by atoms with Gasteiger partial charge in [0.25, 0.3) is 0 Å². The molecule has 1 heterocycles. The molecule has 1 atom stereocenters.